The van der Waals surface area contributed by atoms with E-state index in [1.165, 1.54) is 12.0 Å². The van der Waals surface area contributed by atoms with Gasteiger partial charge in [0.15, 0.2) is 0 Å². The maximum Gasteiger partial charge on any atom is 0.123 e. The Balaban J connectivity index is 1.54. The Morgan fingerprint density at radius 1 is 1.24 bits per heavy atom. The lowest BCUT2D eigenvalue weighted by atomic mass is 10.1. The van der Waals surface area contributed by atoms with Gasteiger partial charge in [-0.2, -0.15) is 5.10 Å². The molecular weight excluding hydrogens is 314 g/mol. The normalized spacial score (nSPS) is 17.9. The summed E-state index contributed by atoms with van der Waals surface area (Å²) in [7, 11) is 1.72. The van der Waals surface area contributed by atoms with Crippen LogP contribution in [0.2, 0.25) is 0 Å². The molecule has 4 rings (SSSR count). The number of furan rings is 1. The predicted octanol–water partition coefficient (Wildman–Crippen LogP) is 3.87. The molecule has 0 radical (unpaired) electrons. The highest BCUT2D eigenvalue weighted by Crippen LogP contribution is 2.34. The van der Waals surface area contributed by atoms with E-state index in [0.29, 0.717) is 12.6 Å². The van der Waals surface area contributed by atoms with E-state index in [9.17, 15) is 0 Å². The molecule has 1 aliphatic rings. The molecule has 25 heavy (non-hydrogen) atoms. The quantitative estimate of drug-likeness (QED) is 0.685. The van der Waals surface area contributed by atoms with Crippen LogP contribution in [0.5, 0.6) is 5.75 Å². The van der Waals surface area contributed by atoms with Crippen LogP contribution in [0.3, 0.4) is 0 Å². The van der Waals surface area contributed by atoms with Gasteiger partial charge in [-0.05, 0) is 55.3 Å². The van der Waals surface area contributed by atoms with Gasteiger partial charge in [-0.1, -0.05) is 6.07 Å². The molecule has 1 aliphatic heterocycles. The zero-order chi connectivity index (χ0) is 17.1. The van der Waals surface area contributed by atoms with Crippen molar-refractivity contribution in [1.82, 2.24) is 14.7 Å². The molecule has 3 heterocycles. The van der Waals surface area contributed by atoms with Crippen LogP contribution in [0.1, 0.15) is 35.8 Å². The fraction of sp³-hybridized carbons (Fsp3) is 0.350. The van der Waals surface area contributed by atoms with Gasteiger partial charge in [-0.3, -0.25) is 9.58 Å². The Labute approximate surface area is 147 Å². The fourth-order valence-corrected chi connectivity index (χ4v) is 3.68. The SMILES string of the molecule is COc1ccc(CN2CCCC2c2ccco2)cc1Cn1cccn1. The van der Waals surface area contributed by atoms with E-state index < -0.39 is 0 Å². The Kier molecular flexibility index (Phi) is 4.57. The van der Waals surface area contributed by atoms with Crippen LogP contribution in [0.4, 0.5) is 0 Å². The molecule has 0 bridgehead atoms. The number of benzene rings is 1. The summed E-state index contributed by atoms with van der Waals surface area (Å²) in [6.07, 6.45) is 7.90. The lowest BCUT2D eigenvalue weighted by Crippen LogP contribution is -2.22. The third-order valence-electron chi connectivity index (χ3n) is 4.86. The minimum Gasteiger partial charge on any atom is -0.496 e. The van der Waals surface area contributed by atoms with Gasteiger partial charge in [0.2, 0.25) is 0 Å². The fourth-order valence-electron chi connectivity index (χ4n) is 3.68. The zero-order valence-corrected chi connectivity index (χ0v) is 14.5. The molecule has 1 atom stereocenters. The molecule has 1 fully saturated rings. The number of aromatic nitrogens is 2. The summed E-state index contributed by atoms with van der Waals surface area (Å²) in [5, 5.41) is 4.30. The highest BCUT2D eigenvalue weighted by atomic mass is 16.5. The second kappa shape index (κ2) is 7.15. The van der Waals surface area contributed by atoms with E-state index in [2.05, 4.69) is 34.3 Å². The number of nitrogens with zero attached hydrogens (tertiary/aromatic N) is 3. The lowest BCUT2D eigenvalue weighted by Gasteiger charge is -2.23. The van der Waals surface area contributed by atoms with Crippen LogP contribution < -0.4 is 4.74 Å². The lowest BCUT2D eigenvalue weighted by molar-refractivity contribution is 0.220. The van der Waals surface area contributed by atoms with Gasteiger partial charge in [0.05, 0.1) is 26.0 Å². The Morgan fingerprint density at radius 3 is 2.96 bits per heavy atom. The largest absolute Gasteiger partial charge is 0.496 e. The first kappa shape index (κ1) is 16.0. The summed E-state index contributed by atoms with van der Waals surface area (Å²) in [6, 6.07) is 12.8. The van der Waals surface area contributed by atoms with Gasteiger partial charge >= 0.3 is 0 Å². The first-order valence-electron chi connectivity index (χ1n) is 8.74. The third kappa shape index (κ3) is 3.46. The molecule has 130 valence electrons. The van der Waals surface area contributed by atoms with Crippen molar-refractivity contribution in [3.8, 4) is 5.75 Å². The molecule has 0 aliphatic carbocycles. The van der Waals surface area contributed by atoms with Crippen LogP contribution in [0.15, 0.2) is 59.5 Å². The Hall–Kier alpha value is -2.53. The molecule has 1 aromatic carbocycles. The molecule has 0 saturated carbocycles. The number of methoxy groups -OCH3 is 1. The van der Waals surface area contributed by atoms with E-state index >= 15 is 0 Å². The number of hydrogen-bond acceptors (Lipinski definition) is 4. The van der Waals surface area contributed by atoms with Gasteiger partial charge in [0.1, 0.15) is 11.5 Å². The number of rotatable bonds is 6. The summed E-state index contributed by atoms with van der Waals surface area (Å²) < 4.78 is 13.1. The van der Waals surface area contributed by atoms with Crippen LogP contribution in [0, 0.1) is 0 Å². The minimum atomic E-state index is 0.381. The van der Waals surface area contributed by atoms with Crippen molar-refractivity contribution in [2.75, 3.05) is 13.7 Å². The molecular formula is C20H23N3O2. The summed E-state index contributed by atoms with van der Waals surface area (Å²) in [6.45, 7) is 2.74. The summed E-state index contributed by atoms with van der Waals surface area (Å²) >= 11 is 0. The van der Waals surface area contributed by atoms with E-state index in [4.69, 9.17) is 9.15 Å². The van der Waals surface area contributed by atoms with Crippen molar-refractivity contribution in [3.63, 3.8) is 0 Å². The molecule has 5 heteroatoms. The number of hydrogen-bond donors (Lipinski definition) is 0. The van der Waals surface area contributed by atoms with E-state index in [0.717, 1.165) is 36.6 Å². The molecule has 5 nitrogen and oxygen atoms in total. The van der Waals surface area contributed by atoms with Crippen LogP contribution in [0.25, 0.3) is 0 Å². The maximum atomic E-state index is 5.64. The third-order valence-corrected chi connectivity index (χ3v) is 4.86. The van der Waals surface area contributed by atoms with Crippen LogP contribution in [-0.2, 0) is 13.1 Å². The van der Waals surface area contributed by atoms with Crippen LogP contribution >= 0.6 is 0 Å². The van der Waals surface area contributed by atoms with Crippen molar-refractivity contribution in [2.24, 2.45) is 0 Å². The van der Waals surface area contributed by atoms with Crippen LogP contribution in [-0.4, -0.2) is 28.3 Å². The average Bonchev–Trinajstić information content (AvgIpc) is 3.37. The summed E-state index contributed by atoms with van der Waals surface area (Å²) in [4.78, 5) is 2.50. The molecule has 2 aromatic heterocycles. The highest BCUT2D eigenvalue weighted by Gasteiger charge is 2.28. The molecule has 3 aromatic rings. The van der Waals surface area contributed by atoms with E-state index in [-0.39, 0.29) is 0 Å². The Morgan fingerprint density at radius 2 is 2.20 bits per heavy atom. The van der Waals surface area contributed by atoms with Gasteiger partial charge < -0.3 is 9.15 Å². The van der Waals surface area contributed by atoms with Crippen molar-refractivity contribution in [2.45, 2.75) is 32.0 Å². The van der Waals surface area contributed by atoms with Gasteiger partial charge in [-0.25, -0.2) is 0 Å². The number of ether oxygens (including phenoxy) is 1. The maximum absolute atomic E-state index is 5.64. The molecule has 0 spiro atoms. The van der Waals surface area contributed by atoms with Crippen molar-refractivity contribution in [1.29, 1.82) is 0 Å². The van der Waals surface area contributed by atoms with E-state index in [1.54, 1.807) is 19.6 Å². The first-order valence-corrected chi connectivity index (χ1v) is 8.74. The van der Waals surface area contributed by atoms with E-state index in [1.807, 2.05) is 23.0 Å². The average molecular weight is 337 g/mol. The molecule has 0 N–H and O–H groups in total. The molecule has 1 saturated heterocycles. The zero-order valence-electron chi connectivity index (χ0n) is 14.5. The van der Waals surface area contributed by atoms with Crippen molar-refractivity contribution >= 4 is 0 Å². The predicted molar refractivity (Wildman–Crippen MR) is 95.4 cm³/mol. The second-order valence-corrected chi connectivity index (χ2v) is 6.49. The minimum absolute atomic E-state index is 0.381. The number of likely N-dealkylation sites (tertiary alicyclic amines) is 1. The summed E-state index contributed by atoms with van der Waals surface area (Å²) in [5.41, 5.74) is 2.44. The molecule has 1 unspecified atom stereocenters. The Bertz CT molecular complexity index is 796. The van der Waals surface area contributed by atoms with Gasteiger partial charge in [-0.15, -0.1) is 0 Å². The highest BCUT2D eigenvalue weighted by molar-refractivity contribution is 5.37. The molecule has 0 amide bonds. The summed E-state index contributed by atoms with van der Waals surface area (Å²) in [5.74, 6) is 1.98. The smallest absolute Gasteiger partial charge is 0.123 e. The topological polar surface area (TPSA) is 43.4 Å². The first-order chi connectivity index (χ1) is 12.3. The second-order valence-electron chi connectivity index (χ2n) is 6.49. The monoisotopic (exact) mass is 337 g/mol. The van der Waals surface area contributed by atoms with Crippen molar-refractivity contribution in [3.05, 3.63) is 71.9 Å². The van der Waals surface area contributed by atoms with Gasteiger partial charge in [0, 0.05) is 24.5 Å². The van der Waals surface area contributed by atoms with Gasteiger partial charge in [0.25, 0.3) is 0 Å². The van der Waals surface area contributed by atoms with Crippen molar-refractivity contribution < 1.29 is 9.15 Å². The standard InChI is InChI=1S/C20H23N3O2/c1-24-19-8-7-16(13-17(19)15-23-11-4-9-21-23)14-22-10-2-5-18(22)20-6-3-12-25-20/h3-4,6-9,11-13,18H,2,5,10,14-15H2,1H3.